The Bertz CT molecular complexity index is 280. The zero-order valence-electron chi connectivity index (χ0n) is 8.19. The summed E-state index contributed by atoms with van der Waals surface area (Å²) in [6, 6.07) is 2.00. The van der Waals surface area contributed by atoms with Crippen LogP contribution >= 0.6 is 24.8 Å². The van der Waals surface area contributed by atoms with E-state index in [1.807, 2.05) is 17.8 Å². The molecule has 1 aromatic heterocycles. The van der Waals surface area contributed by atoms with Crippen LogP contribution in [0.4, 0.5) is 0 Å². The van der Waals surface area contributed by atoms with Crippen LogP contribution in [0.5, 0.6) is 0 Å². The zero-order valence-corrected chi connectivity index (χ0v) is 9.82. The second-order valence-corrected chi connectivity index (χ2v) is 3.14. The molecule has 0 spiro atoms. The molecule has 1 N–H and O–H groups in total. The highest BCUT2D eigenvalue weighted by Crippen LogP contribution is 2.28. The summed E-state index contributed by atoms with van der Waals surface area (Å²) in [4.78, 5) is 0. The average Bonchev–Trinajstić information content (AvgIpc) is 2.36. The predicted octanol–water partition coefficient (Wildman–Crippen LogP) is 0.709. The van der Waals surface area contributed by atoms with E-state index in [-0.39, 0.29) is 30.4 Å². The maximum atomic E-state index is 5.48. The first-order valence-corrected chi connectivity index (χ1v) is 4.03. The molecule has 1 fully saturated rings. The Morgan fingerprint density at radius 3 is 2.43 bits per heavy atom. The Hall–Kier alpha value is -0.290. The van der Waals surface area contributed by atoms with Gasteiger partial charge in [0, 0.05) is 33.4 Å². The largest absolute Gasteiger partial charge is 0.369 e. The number of methoxy groups -OCH3 is 1. The van der Waals surface area contributed by atoms with Crippen LogP contribution < -0.4 is 5.32 Å². The number of hydrogen-bond donors (Lipinski definition) is 1. The van der Waals surface area contributed by atoms with Crippen LogP contribution in [0.15, 0.2) is 12.3 Å². The third-order valence-corrected chi connectivity index (χ3v) is 2.50. The van der Waals surface area contributed by atoms with Crippen molar-refractivity contribution in [2.75, 3.05) is 20.2 Å². The molecule has 0 atom stereocenters. The van der Waals surface area contributed by atoms with Crippen molar-refractivity contribution >= 4 is 24.8 Å². The third-order valence-electron chi connectivity index (χ3n) is 2.50. The van der Waals surface area contributed by atoms with Gasteiger partial charge in [-0.25, -0.2) is 0 Å². The van der Waals surface area contributed by atoms with Crippen molar-refractivity contribution in [1.82, 2.24) is 15.1 Å². The molecular weight excluding hydrogens is 225 g/mol. The van der Waals surface area contributed by atoms with Gasteiger partial charge in [0.05, 0.1) is 5.69 Å². The van der Waals surface area contributed by atoms with Crippen LogP contribution in [0.25, 0.3) is 0 Å². The molecule has 1 aliphatic rings. The Kier molecular flexibility index (Phi) is 4.88. The molecule has 0 saturated carbocycles. The predicted molar refractivity (Wildman–Crippen MR) is 59.3 cm³/mol. The molecule has 14 heavy (non-hydrogen) atoms. The smallest absolute Gasteiger partial charge is 0.134 e. The van der Waals surface area contributed by atoms with Crippen LogP contribution in [0.2, 0.25) is 0 Å². The first kappa shape index (κ1) is 13.7. The lowest BCUT2D eigenvalue weighted by atomic mass is 9.93. The summed E-state index contributed by atoms with van der Waals surface area (Å²) in [6.07, 6.45) is 1.80. The van der Waals surface area contributed by atoms with Gasteiger partial charge in [-0.2, -0.15) is 5.10 Å². The van der Waals surface area contributed by atoms with E-state index in [2.05, 4.69) is 10.4 Å². The lowest BCUT2D eigenvalue weighted by Gasteiger charge is -2.41. The first-order valence-electron chi connectivity index (χ1n) is 4.03. The number of aryl methyl sites for hydroxylation is 1. The van der Waals surface area contributed by atoms with Gasteiger partial charge in [-0.05, 0) is 6.07 Å². The van der Waals surface area contributed by atoms with Crippen molar-refractivity contribution in [3.63, 3.8) is 0 Å². The van der Waals surface area contributed by atoms with Gasteiger partial charge in [0.25, 0.3) is 0 Å². The quantitative estimate of drug-likeness (QED) is 0.827. The third kappa shape index (κ3) is 1.88. The van der Waals surface area contributed by atoms with Crippen molar-refractivity contribution in [2.45, 2.75) is 5.60 Å². The SMILES string of the molecule is COC1(c2ccnn2C)CNC1.Cl.Cl. The maximum absolute atomic E-state index is 5.48. The highest BCUT2D eigenvalue weighted by atomic mass is 35.5. The number of nitrogens with zero attached hydrogens (tertiary/aromatic N) is 2. The van der Waals surface area contributed by atoms with Gasteiger partial charge < -0.3 is 10.1 Å². The van der Waals surface area contributed by atoms with E-state index in [0.717, 1.165) is 18.8 Å². The van der Waals surface area contributed by atoms with Crippen LogP contribution in [0.3, 0.4) is 0 Å². The van der Waals surface area contributed by atoms with E-state index in [4.69, 9.17) is 4.74 Å². The Morgan fingerprint density at radius 2 is 2.14 bits per heavy atom. The summed E-state index contributed by atoms with van der Waals surface area (Å²) in [5, 5.41) is 7.32. The fourth-order valence-corrected chi connectivity index (χ4v) is 1.60. The van der Waals surface area contributed by atoms with Crippen molar-refractivity contribution in [3.05, 3.63) is 18.0 Å². The molecule has 2 heterocycles. The normalized spacial score (nSPS) is 17.6. The molecule has 0 amide bonds. The standard InChI is InChI=1S/C8H13N3O.2ClH/c1-11-7(3-4-10-11)8(12-2)5-9-6-8;;/h3-4,9H,5-6H2,1-2H3;2*1H. The molecule has 0 aliphatic carbocycles. The number of nitrogens with one attached hydrogen (secondary N) is 1. The van der Waals surface area contributed by atoms with Crippen molar-refractivity contribution in [1.29, 1.82) is 0 Å². The molecule has 1 aliphatic heterocycles. The van der Waals surface area contributed by atoms with E-state index >= 15 is 0 Å². The monoisotopic (exact) mass is 239 g/mol. The van der Waals surface area contributed by atoms with E-state index < -0.39 is 0 Å². The number of aromatic nitrogens is 2. The molecule has 0 unspecified atom stereocenters. The zero-order chi connectivity index (χ0) is 8.60. The lowest BCUT2D eigenvalue weighted by molar-refractivity contribution is -0.0624. The highest BCUT2D eigenvalue weighted by molar-refractivity contribution is 5.85. The number of ether oxygens (including phenoxy) is 1. The summed E-state index contributed by atoms with van der Waals surface area (Å²) < 4.78 is 7.34. The van der Waals surface area contributed by atoms with E-state index in [9.17, 15) is 0 Å². The molecule has 0 bridgehead atoms. The molecule has 82 valence electrons. The molecule has 1 saturated heterocycles. The summed E-state index contributed by atoms with van der Waals surface area (Å²) in [6.45, 7) is 1.76. The Labute approximate surface area is 95.8 Å². The van der Waals surface area contributed by atoms with Crippen molar-refractivity contribution < 1.29 is 4.74 Å². The van der Waals surface area contributed by atoms with Gasteiger partial charge in [-0.15, -0.1) is 24.8 Å². The van der Waals surface area contributed by atoms with Crippen molar-refractivity contribution in [3.8, 4) is 0 Å². The lowest BCUT2D eigenvalue weighted by Crippen LogP contribution is -2.58. The van der Waals surface area contributed by atoms with E-state index in [1.54, 1.807) is 13.3 Å². The van der Waals surface area contributed by atoms with Gasteiger partial charge in [-0.1, -0.05) is 0 Å². The fourth-order valence-electron chi connectivity index (χ4n) is 1.60. The minimum absolute atomic E-state index is 0. The summed E-state index contributed by atoms with van der Waals surface area (Å²) in [5.74, 6) is 0. The van der Waals surface area contributed by atoms with Gasteiger partial charge in [0.2, 0.25) is 0 Å². The highest BCUT2D eigenvalue weighted by Gasteiger charge is 2.40. The number of rotatable bonds is 2. The molecule has 1 aromatic rings. The molecule has 0 aromatic carbocycles. The number of halogens is 2. The minimum atomic E-state index is -0.134. The first-order chi connectivity index (χ1) is 5.78. The second kappa shape index (κ2) is 4.98. The summed E-state index contributed by atoms with van der Waals surface area (Å²) in [5.41, 5.74) is 1.01. The van der Waals surface area contributed by atoms with E-state index in [1.165, 1.54) is 0 Å². The Balaban J connectivity index is 0.000000845. The maximum Gasteiger partial charge on any atom is 0.134 e. The van der Waals surface area contributed by atoms with Crippen LogP contribution in [0, 0.1) is 0 Å². The second-order valence-electron chi connectivity index (χ2n) is 3.14. The van der Waals surface area contributed by atoms with Gasteiger partial charge in [0.1, 0.15) is 5.60 Å². The van der Waals surface area contributed by atoms with Gasteiger partial charge in [-0.3, -0.25) is 4.68 Å². The fraction of sp³-hybridized carbons (Fsp3) is 0.625. The van der Waals surface area contributed by atoms with E-state index in [0.29, 0.717) is 0 Å². The average molecular weight is 240 g/mol. The molecular formula is C8H15Cl2N3O. The topological polar surface area (TPSA) is 39.1 Å². The van der Waals surface area contributed by atoms with Crippen LogP contribution in [-0.2, 0) is 17.4 Å². The van der Waals surface area contributed by atoms with Crippen molar-refractivity contribution in [2.24, 2.45) is 7.05 Å². The van der Waals surface area contributed by atoms with Crippen LogP contribution in [0.1, 0.15) is 5.69 Å². The summed E-state index contributed by atoms with van der Waals surface area (Å²) >= 11 is 0. The minimum Gasteiger partial charge on any atom is -0.369 e. The Morgan fingerprint density at radius 1 is 1.50 bits per heavy atom. The molecule has 2 rings (SSSR count). The summed E-state index contributed by atoms with van der Waals surface area (Å²) in [7, 11) is 3.68. The van der Waals surface area contributed by atoms with Gasteiger partial charge >= 0.3 is 0 Å². The molecule has 0 radical (unpaired) electrons. The van der Waals surface area contributed by atoms with Gasteiger partial charge in [0.15, 0.2) is 0 Å². The van der Waals surface area contributed by atoms with Crippen LogP contribution in [-0.4, -0.2) is 30.0 Å². The molecule has 4 nitrogen and oxygen atoms in total. The molecule has 6 heteroatoms. The number of hydrogen-bond acceptors (Lipinski definition) is 3.